The highest BCUT2D eigenvalue weighted by atomic mass is 35.5. The molecule has 1 aromatic carbocycles. The van der Waals surface area contributed by atoms with Gasteiger partial charge in [-0.1, -0.05) is 11.6 Å². The van der Waals surface area contributed by atoms with Crippen LogP contribution < -0.4 is 15.4 Å². The van der Waals surface area contributed by atoms with E-state index in [0.717, 1.165) is 0 Å². The molecule has 1 aliphatic heterocycles. The summed E-state index contributed by atoms with van der Waals surface area (Å²) >= 11 is 5.89. The number of ether oxygens (including phenoxy) is 1. The number of carbonyl (C=O) groups is 2. The van der Waals surface area contributed by atoms with Crippen LogP contribution in [0.3, 0.4) is 0 Å². The van der Waals surface area contributed by atoms with E-state index in [9.17, 15) is 9.59 Å². The van der Waals surface area contributed by atoms with Crippen LogP contribution in [-0.2, 0) is 4.79 Å². The number of methoxy groups -OCH3 is 1. The first-order valence-electron chi connectivity index (χ1n) is 9.79. The molecule has 8 nitrogen and oxygen atoms in total. The number of hydrogen-bond donors (Lipinski definition) is 2. The lowest BCUT2D eigenvalue weighted by Gasteiger charge is -2.17. The van der Waals surface area contributed by atoms with Gasteiger partial charge >= 0.3 is 0 Å². The standard InChI is InChI=1S/C19H18ClN5O3/c1-3-16(26)22-13-6-4-12(5-7-13)18(27)25-9-8-14(11-25)23-19-21-10-15(20)17(24-19)28-2/h1,4-7,10,14H,8-9,11H2,2H3,(H,22,26)(H,21,23,24)/t14-/m1/s1/i2D3. The first kappa shape index (κ1) is 15.7. The number of likely N-dealkylation sites (tertiary alicyclic amines) is 1. The van der Waals surface area contributed by atoms with Crippen LogP contribution in [0.4, 0.5) is 11.6 Å². The number of terminal acetylenes is 1. The van der Waals surface area contributed by atoms with Gasteiger partial charge in [-0.2, -0.15) is 4.98 Å². The predicted octanol–water partition coefficient (Wildman–Crippen LogP) is 2.04. The van der Waals surface area contributed by atoms with Crippen molar-refractivity contribution in [3.8, 4) is 18.2 Å². The Bertz CT molecular complexity index is 1020. The smallest absolute Gasteiger partial charge is 0.300 e. The van der Waals surface area contributed by atoms with Gasteiger partial charge in [0.05, 0.1) is 17.3 Å². The van der Waals surface area contributed by atoms with Gasteiger partial charge in [0.1, 0.15) is 5.02 Å². The first-order chi connectivity index (χ1) is 14.6. The number of nitrogens with one attached hydrogen (secondary N) is 2. The van der Waals surface area contributed by atoms with Gasteiger partial charge < -0.3 is 20.3 Å². The van der Waals surface area contributed by atoms with Crippen LogP contribution in [0.5, 0.6) is 5.88 Å². The summed E-state index contributed by atoms with van der Waals surface area (Å²) in [6.45, 7) is 0.911. The van der Waals surface area contributed by atoms with Crippen molar-refractivity contribution < 1.29 is 18.4 Å². The molecule has 1 saturated heterocycles. The van der Waals surface area contributed by atoms with Crippen LogP contribution in [-0.4, -0.2) is 52.9 Å². The maximum atomic E-state index is 12.7. The maximum Gasteiger partial charge on any atom is 0.300 e. The van der Waals surface area contributed by atoms with Crippen LogP contribution in [0.2, 0.25) is 5.02 Å². The van der Waals surface area contributed by atoms with Crippen molar-refractivity contribution in [3.63, 3.8) is 0 Å². The Kier molecular flexibility index (Phi) is 4.82. The molecule has 1 atom stereocenters. The molecule has 0 aliphatic carbocycles. The van der Waals surface area contributed by atoms with E-state index in [1.54, 1.807) is 29.2 Å². The predicted molar refractivity (Wildman–Crippen MR) is 105 cm³/mol. The zero-order valence-electron chi connectivity index (χ0n) is 17.6. The SMILES string of the molecule is [2H]C([2H])([2H])Oc1nc(N[C@@H]2CCN(C(=O)c3ccc(NC(=O)C#C)cc3)C2)ncc1Cl. The van der Waals surface area contributed by atoms with Gasteiger partial charge in [-0.15, -0.1) is 6.42 Å². The summed E-state index contributed by atoms with van der Waals surface area (Å²) in [7, 11) is -2.69. The second-order valence-corrected chi connectivity index (χ2v) is 6.41. The number of benzene rings is 1. The molecule has 2 N–H and O–H groups in total. The van der Waals surface area contributed by atoms with Gasteiger partial charge in [-0.25, -0.2) is 4.98 Å². The monoisotopic (exact) mass is 402 g/mol. The molecule has 2 amide bonds. The molecule has 0 radical (unpaired) electrons. The Balaban J connectivity index is 1.60. The van der Waals surface area contributed by atoms with E-state index in [1.807, 2.05) is 5.92 Å². The second-order valence-electron chi connectivity index (χ2n) is 6.01. The van der Waals surface area contributed by atoms with Crippen molar-refractivity contribution in [2.24, 2.45) is 0 Å². The fourth-order valence-corrected chi connectivity index (χ4v) is 2.91. The van der Waals surface area contributed by atoms with Gasteiger partial charge in [0, 0.05) is 30.4 Å². The quantitative estimate of drug-likeness (QED) is 0.743. The van der Waals surface area contributed by atoms with Gasteiger partial charge in [0.25, 0.3) is 11.8 Å². The topological polar surface area (TPSA) is 96.5 Å². The number of rotatable bonds is 5. The summed E-state index contributed by atoms with van der Waals surface area (Å²) in [5.41, 5.74) is 0.964. The third-order valence-electron chi connectivity index (χ3n) is 4.14. The summed E-state index contributed by atoms with van der Waals surface area (Å²) in [6, 6.07) is 6.27. The van der Waals surface area contributed by atoms with Gasteiger partial charge in [0.15, 0.2) is 0 Å². The lowest BCUT2D eigenvalue weighted by molar-refractivity contribution is -0.111. The first-order valence-corrected chi connectivity index (χ1v) is 8.67. The Morgan fingerprint density at radius 3 is 2.93 bits per heavy atom. The molecule has 1 aliphatic rings. The Morgan fingerprint density at radius 1 is 1.43 bits per heavy atom. The van der Waals surface area contributed by atoms with Gasteiger partial charge in [0.2, 0.25) is 11.8 Å². The minimum atomic E-state index is -2.69. The van der Waals surface area contributed by atoms with Crippen molar-refractivity contribution >= 4 is 35.1 Å². The van der Waals surface area contributed by atoms with E-state index in [2.05, 4.69) is 20.6 Å². The van der Waals surface area contributed by atoms with Crippen molar-refractivity contribution in [2.75, 3.05) is 30.8 Å². The lowest BCUT2D eigenvalue weighted by Crippen LogP contribution is -2.31. The fourth-order valence-electron chi connectivity index (χ4n) is 2.78. The van der Waals surface area contributed by atoms with Crippen LogP contribution in [0.25, 0.3) is 0 Å². The number of halogens is 1. The minimum absolute atomic E-state index is 0.0215. The lowest BCUT2D eigenvalue weighted by atomic mass is 10.2. The number of carbonyl (C=O) groups excluding carboxylic acids is 2. The molecule has 0 saturated carbocycles. The van der Waals surface area contributed by atoms with E-state index < -0.39 is 12.9 Å². The molecule has 0 spiro atoms. The largest absolute Gasteiger partial charge is 0.480 e. The number of amides is 2. The van der Waals surface area contributed by atoms with Crippen LogP contribution >= 0.6 is 11.6 Å². The molecule has 0 bridgehead atoms. The van der Waals surface area contributed by atoms with E-state index >= 15 is 0 Å². The molecule has 3 rings (SSSR count). The summed E-state index contributed by atoms with van der Waals surface area (Å²) in [6.07, 6.45) is 6.90. The third-order valence-corrected chi connectivity index (χ3v) is 4.40. The van der Waals surface area contributed by atoms with Crippen LogP contribution in [0.1, 0.15) is 20.9 Å². The number of hydrogen-bond acceptors (Lipinski definition) is 6. The molecule has 1 fully saturated rings. The second kappa shape index (κ2) is 8.59. The number of anilines is 2. The molecule has 28 heavy (non-hydrogen) atoms. The molecular weight excluding hydrogens is 382 g/mol. The molecule has 144 valence electrons. The van der Waals surface area contributed by atoms with E-state index in [-0.39, 0.29) is 28.8 Å². The summed E-state index contributed by atoms with van der Waals surface area (Å²) < 4.78 is 26.3. The molecule has 0 unspecified atom stereocenters. The summed E-state index contributed by atoms with van der Waals surface area (Å²) in [5.74, 6) is 1.12. The van der Waals surface area contributed by atoms with Crippen LogP contribution in [0, 0.1) is 12.3 Å². The molecule has 9 heteroatoms. The van der Waals surface area contributed by atoms with E-state index in [0.29, 0.717) is 30.8 Å². The van der Waals surface area contributed by atoms with E-state index in [4.69, 9.17) is 26.9 Å². The molecule has 1 aromatic heterocycles. The summed E-state index contributed by atoms with van der Waals surface area (Å²) in [5, 5.41) is 5.55. The zero-order valence-corrected chi connectivity index (χ0v) is 15.4. The Morgan fingerprint density at radius 2 is 2.21 bits per heavy atom. The van der Waals surface area contributed by atoms with Crippen molar-refractivity contribution in [1.82, 2.24) is 14.9 Å². The highest BCUT2D eigenvalue weighted by molar-refractivity contribution is 6.31. The fraction of sp³-hybridized carbons (Fsp3) is 0.263. The maximum absolute atomic E-state index is 12.7. The van der Waals surface area contributed by atoms with E-state index in [1.165, 1.54) is 6.20 Å². The number of aromatic nitrogens is 2. The molecule has 2 heterocycles. The van der Waals surface area contributed by atoms with Crippen molar-refractivity contribution in [2.45, 2.75) is 12.5 Å². The highest BCUT2D eigenvalue weighted by Crippen LogP contribution is 2.23. The third kappa shape index (κ3) is 4.50. The average Bonchev–Trinajstić information content (AvgIpc) is 3.18. The average molecular weight is 403 g/mol. The Hall–Kier alpha value is -3.31. The van der Waals surface area contributed by atoms with Crippen molar-refractivity contribution in [3.05, 3.63) is 41.0 Å². The van der Waals surface area contributed by atoms with Crippen molar-refractivity contribution in [1.29, 1.82) is 0 Å². The summed E-state index contributed by atoms with van der Waals surface area (Å²) in [4.78, 5) is 33.7. The molecule has 2 aromatic rings. The van der Waals surface area contributed by atoms with Gasteiger partial charge in [-0.05, 0) is 36.6 Å². The number of nitrogens with zero attached hydrogens (tertiary/aromatic N) is 3. The Labute approximate surface area is 171 Å². The normalized spacial score (nSPS) is 17.6. The zero-order chi connectivity index (χ0) is 22.6. The highest BCUT2D eigenvalue weighted by Gasteiger charge is 2.27. The molecular formula is C19H18ClN5O3. The van der Waals surface area contributed by atoms with Gasteiger partial charge in [-0.3, -0.25) is 9.59 Å². The minimum Gasteiger partial charge on any atom is -0.480 e. The van der Waals surface area contributed by atoms with Crippen LogP contribution in [0.15, 0.2) is 30.5 Å².